The first kappa shape index (κ1) is 15.1. The van der Waals surface area contributed by atoms with Crippen molar-refractivity contribution in [3.05, 3.63) is 29.7 Å². The van der Waals surface area contributed by atoms with Crippen molar-refractivity contribution in [3.8, 4) is 10.7 Å². The van der Waals surface area contributed by atoms with Crippen LogP contribution in [0.1, 0.15) is 23.3 Å². The van der Waals surface area contributed by atoms with Crippen LogP contribution in [0.2, 0.25) is 0 Å². The van der Waals surface area contributed by atoms with Crippen LogP contribution in [0.4, 0.5) is 0 Å². The third-order valence-electron chi connectivity index (χ3n) is 4.06. The van der Waals surface area contributed by atoms with Gasteiger partial charge < -0.3 is 9.80 Å². The van der Waals surface area contributed by atoms with Crippen molar-refractivity contribution < 1.29 is 4.79 Å². The molecule has 7 heteroatoms. The maximum atomic E-state index is 12.6. The summed E-state index contributed by atoms with van der Waals surface area (Å²) in [6.07, 6.45) is 6.94. The minimum absolute atomic E-state index is 0.0130. The highest BCUT2D eigenvalue weighted by Crippen LogP contribution is 2.23. The van der Waals surface area contributed by atoms with Gasteiger partial charge in [-0.05, 0) is 33.0 Å². The number of carbonyl (C=O) groups excluding carboxylic acids is 1. The Hall–Kier alpha value is -1.86. The summed E-state index contributed by atoms with van der Waals surface area (Å²) in [5.74, 6) is -0.0130. The SMILES string of the molecule is CN1CCC(N(C)C(=O)c2csc(-c3cnccn3)n2)CC1. The van der Waals surface area contributed by atoms with Crippen molar-refractivity contribution in [2.75, 3.05) is 27.2 Å². The largest absolute Gasteiger partial charge is 0.337 e. The molecule has 0 radical (unpaired) electrons. The maximum absolute atomic E-state index is 12.6. The van der Waals surface area contributed by atoms with E-state index in [2.05, 4.69) is 26.9 Å². The van der Waals surface area contributed by atoms with Gasteiger partial charge in [-0.2, -0.15) is 0 Å². The second-order valence-corrected chi connectivity index (χ2v) is 6.44. The Morgan fingerprint density at radius 1 is 1.36 bits per heavy atom. The van der Waals surface area contributed by atoms with Crippen LogP contribution in [-0.2, 0) is 0 Å². The summed E-state index contributed by atoms with van der Waals surface area (Å²) in [6.45, 7) is 2.06. The second-order valence-electron chi connectivity index (χ2n) is 5.58. The minimum Gasteiger partial charge on any atom is -0.337 e. The minimum atomic E-state index is -0.0130. The van der Waals surface area contributed by atoms with Gasteiger partial charge in [-0.15, -0.1) is 11.3 Å². The summed E-state index contributed by atoms with van der Waals surface area (Å²) in [6, 6.07) is 0.297. The smallest absolute Gasteiger partial charge is 0.273 e. The van der Waals surface area contributed by atoms with Crippen LogP contribution in [0.15, 0.2) is 24.0 Å². The number of amides is 1. The Bertz CT molecular complexity index is 636. The van der Waals surface area contributed by atoms with Gasteiger partial charge in [0.25, 0.3) is 5.91 Å². The number of hydrogen-bond acceptors (Lipinski definition) is 6. The maximum Gasteiger partial charge on any atom is 0.273 e. The van der Waals surface area contributed by atoms with E-state index < -0.39 is 0 Å². The van der Waals surface area contributed by atoms with E-state index in [0.29, 0.717) is 17.4 Å². The van der Waals surface area contributed by atoms with Crippen LogP contribution in [0, 0.1) is 0 Å². The van der Waals surface area contributed by atoms with Gasteiger partial charge in [0.2, 0.25) is 0 Å². The predicted molar refractivity (Wildman–Crippen MR) is 85.8 cm³/mol. The monoisotopic (exact) mass is 317 g/mol. The summed E-state index contributed by atoms with van der Waals surface area (Å²) in [5, 5.41) is 2.53. The van der Waals surface area contributed by atoms with Crippen molar-refractivity contribution in [1.29, 1.82) is 0 Å². The van der Waals surface area contributed by atoms with E-state index in [0.717, 1.165) is 30.9 Å². The average Bonchev–Trinajstić information content (AvgIpc) is 3.05. The average molecular weight is 317 g/mol. The molecule has 6 nitrogen and oxygen atoms in total. The highest BCUT2D eigenvalue weighted by molar-refractivity contribution is 7.13. The van der Waals surface area contributed by atoms with Gasteiger partial charge in [-0.3, -0.25) is 14.8 Å². The molecule has 0 atom stereocenters. The van der Waals surface area contributed by atoms with Crippen molar-refractivity contribution in [3.63, 3.8) is 0 Å². The van der Waals surface area contributed by atoms with Gasteiger partial charge in [0.05, 0.1) is 6.20 Å². The number of hydrogen-bond donors (Lipinski definition) is 0. The summed E-state index contributed by atoms with van der Waals surface area (Å²) >= 11 is 1.43. The van der Waals surface area contributed by atoms with Crippen LogP contribution in [-0.4, -0.2) is 63.9 Å². The van der Waals surface area contributed by atoms with E-state index in [1.54, 1.807) is 24.0 Å². The van der Waals surface area contributed by atoms with Crippen molar-refractivity contribution in [2.45, 2.75) is 18.9 Å². The normalized spacial score (nSPS) is 16.6. The first-order valence-corrected chi connectivity index (χ1v) is 8.20. The summed E-state index contributed by atoms with van der Waals surface area (Å²) in [5.41, 5.74) is 1.19. The molecule has 1 amide bonds. The fourth-order valence-corrected chi connectivity index (χ4v) is 3.38. The quantitative estimate of drug-likeness (QED) is 0.863. The van der Waals surface area contributed by atoms with Crippen LogP contribution in [0.3, 0.4) is 0 Å². The third-order valence-corrected chi connectivity index (χ3v) is 4.93. The van der Waals surface area contributed by atoms with Gasteiger partial charge in [0, 0.05) is 30.9 Å². The zero-order valence-electron chi connectivity index (χ0n) is 12.8. The molecule has 0 bridgehead atoms. The fraction of sp³-hybridized carbons (Fsp3) is 0.467. The molecule has 1 saturated heterocycles. The van der Waals surface area contributed by atoms with E-state index in [1.807, 2.05) is 11.9 Å². The zero-order chi connectivity index (χ0) is 15.5. The van der Waals surface area contributed by atoms with Gasteiger partial charge in [-0.25, -0.2) is 4.98 Å². The summed E-state index contributed by atoms with van der Waals surface area (Å²) in [7, 11) is 3.99. The Kier molecular flexibility index (Phi) is 4.44. The highest BCUT2D eigenvalue weighted by Gasteiger charge is 2.26. The topological polar surface area (TPSA) is 62.2 Å². The lowest BCUT2D eigenvalue weighted by molar-refractivity contribution is 0.0654. The van der Waals surface area contributed by atoms with Crippen LogP contribution in [0.5, 0.6) is 0 Å². The molecule has 1 aliphatic heterocycles. The molecule has 0 saturated carbocycles. The number of rotatable bonds is 3. The fourth-order valence-electron chi connectivity index (χ4n) is 2.63. The molecule has 2 aromatic heterocycles. The molecule has 22 heavy (non-hydrogen) atoms. The third kappa shape index (κ3) is 3.15. The van der Waals surface area contributed by atoms with E-state index >= 15 is 0 Å². The Labute approximate surface area is 133 Å². The standard InChI is InChI=1S/C15H19N5OS/c1-19-7-3-11(4-8-19)20(2)15(21)13-10-22-14(18-13)12-9-16-5-6-17-12/h5-6,9-11H,3-4,7-8H2,1-2H3. The molecule has 0 aliphatic carbocycles. The van der Waals surface area contributed by atoms with E-state index in [1.165, 1.54) is 11.3 Å². The lowest BCUT2D eigenvalue weighted by Crippen LogP contribution is -2.44. The molecular formula is C15H19N5OS. The first-order chi connectivity index (χ1) is 10.6. The molecule has 1 aliphatic rings. The van der Waals surface area contributed by atoms with Crippen LogP contribution in [0.25, 0.3) is 10.7 Å². The molecule has 3 rings (SSSR count). The zero-order valence-corrected chi connectivity index (χ0v) is 13.6. The molecule has 0 spiro atoms. The highest BCUT2D eigenvalue weighted by atomic mass is 32.1. The first-order valence-electron chi connectivity index (χ1n) is 7.33. The van der Waals surface area contributed by atoms with Gasteiger partial charge in [0.15, 0.2) is 0 Å². The van der Waals surface area contributed by atoms with Gasteiger partial charge in [-0.1, -0.05) is 0 Å². The Morgan fingerprint density at radius 3 is 2.82 bits per heavy atom. The number of aromatic nitrogens is 3. The molecular weight excluding hydrogens is 298 g/mol. The van der Waals surface area contributed by atoms with Crippen LogP contribution < -0.4 is 0 Å². The van der Waals surface area contributed by atoms with E-state index in [4.69, 9.17) is 0 Å². The Morgan fingerprint density at radius 2 is 2.14 bits per heavy atom. The number of carbonyl (C=O) groups is 1. The van der Waals surface area contributed by atoms with Crippen molar-refractivity contribution in [2.24, 2.45) is 0 Å². The molecule has 0 aromatic carbocycles. The summed E-state index contributed by atoms with van der Waals surface area (Å²) < 4.78 is 0. The predicted octanol–water partition coefficient (Wildman–Crippen LogP) is 1.77. The molecule has 2 aromatic rings. The number of likely N-dealkylation sites (tertiary alicyclic amines) is 1. The molecule has 3 heterocycles. The molecule has 1 fully saturated rings. The second kappa shape index (κ2) is 6.50. The van der Waals surface area contributed by atoms with E-state index in [9.17, 15) is 4.79 Å². The van der Waals surface area contributed by atoms with E-state index in [-0.39, 0.29) is 5.91 Å². The molecule has 0 unspecified atom stereocenters. The van der Waals surface area contributed by atoms with Crippen molar-refractivity contribution >= 4 is 17.2 Å². The Balaban J connectivity index is 1.71. The number of piperidine rings is 1. The lowest BCUT2D eigenvalue weighted by atomic mass is 10.0. The summed E-state index contributed by atoms with van der Waals surface area (Å²) in [4.78, 5) is 29.4. The lowest BCUT2D eigenvalue weighted by Gasteiger charge is -2.34. The number of thiazole rings is 1. The number of nitrogens with zero attached hydrogens (tertiary/aromatic N) is 5. The van der Waals surface area contributed by atoms with Gasteiger partial charge in [0.1, 0.15) is 16.4 Å². The molecule has 116 valence electrons. The van der Waals surface area contributed by atoms with Crippen LogP contribution >= 0.6 is 11.3 Å². The van der Waals surface area contributed by atoms with Gasteiger partial charge >= 0.3 is 0 Å². The molecule has 0 N–H and O–H groups in total. The van der Waals surface area contributed by atoms with Crippen molar-refractivity contribution in [1.82, 2.24) is 24.8 Å².